The molecule has 0 bridgehead atoms. The van der Waals surface area contributed by atoms with Crippen molar-refractivity contribution in [1.29, 1.82) is 0 Å². The van der Waals surface area contributed by atoms with Crippen molar-refractivity contribution in [2.75, 3.05) is 13.1 Å². The van der Waals surface area contributed by atoms with Crippen LogP contribution in [-0.2, 0) is 4.79 Å². The van der Waals surface area contributed by atoms with Crippen LogP contribution in [0.3, 0.4) is 0 Å². The largest absolute Gasteiger partial charge is 0.355 e. The van der Waals surface area contributed by atoms with Gasteiger partial charge in [-0.15, -0.1) is 0 Å². The van der Waals surface area contributed by atoms with Crippen LogP contribution < -0.4 is 10.6 Å². The maximum atomic E-state index is 11.4. The van der Waals surface area contributed by atoms with Crippen molar-refractivity contribution in [1.82, 2.24) is 10.6 Å². The van der Waals surface area contributed by atoms with Crippen LogP contribution in [0, 0.1) is 11.8 Å². The second-order valence-electron chi connectivity index (χ2n) is 5.65. The minimum atomic E-state index is 0.265. The molecule has 2 rings (SSSR count). The van der Waals surface area contributed by atoms with Crippen LogP contribution in [0.4, 0.5) is 0 Å². The number of hydrogen-bond acceptors (Lipinski definition) is 2. The third-order valence-electron chi connectivity index (χ3n) is 4.23. The van der Waals surface area contributed by atoms with Gasteiger partial charge in [-0.1, -0.05) is 13.3 Å². The molecule has 0 radical (unpaired) electrons. The van der Waals surface area contributed by atoms with Crippen LogP contribution in [0.15, 0.2) is 0 Å². The number of carbonyl (C=O) groups is 1. The van der Waals surface area contributed by atoms with Gasteiger partial charge < -0.3 is 10.6 Å². The lowest BCUT2D eigenvalue weighted by Crippen LogP contribution is -2.39. The van der Waals surface area contributed by atoms with Gasteiger partial charge in [0.25, 0.3) is 0 Å². The number of carbonyl (C=O) groups excluding carboxylic acids is 1. The lowest BCUT2D eigenvalue weighted by molar-refractivity contribution is -0.122. The molecule has 0 unspecified atom stereocenters. The van der Waals surface area contributed by atoms with E-state index < -0.39 is 0 Å². The van der Waals surface area contributed by atoms with E-state index in [9.17, 15) is 4.79 Å². The molecule has 2 aliphatic rings. The van der Waals surface area contributed by atoms with Crippen molar-refractivity contribution in [3.63, 3.8) is 0 Å². The summed E-state index contributed by atoms with van der Waals surface area (Å²) in [6.07, 6.45) is 8.92. The van der Waals surface area contributed by atoms with Gasteiger partial charge in [0.05, 0.1) is 0 Å². The molecule has 2 N–H and O–H groups in total. The molecule has 0 heterocycles. The average Bonchev–Trinajstić information content (AvgIpc) is 3.19. The van der Waals surface area contributed by atoms with E-state index in [1.165, 1.54) is 32.1 Å². The monoisotopic (exact) mass is 238 g/mol. The zero-order valence-electron chi connectivity index (χ0n) is 11.0. The maximum Gasteiger partial charge on any atom is 0.223 e. The molecule has 2 aliphatic carbocycles. The lowest BCUT2D eigenvalue weighted by atomic mass is 9.84. The molecule has 0 atom stereocenters. The van der Waals surface area contributed by atoms with E-state index in [2.05, 4.69) is 17.6 Å². The molecule has 0 aliphatic heterocycles. The molecule has 17 heavy (non-hydrogen) atoms. The van der Waals surface area contributed by atoms with E-state index in [0.717, 1.165) is 31.8 Å². The Morgan fingerprint density at radius 3 is 2.35 bits per heavy atom. The Morgan fingerprint density at radius 1 is 1.06 bits per heavy atom. The predicted octanol–water partition coefficient (Wildman–Crippen LogP) is 2.07. The summed E-state index contributed by atoms with van der Waals surface area (Å²) < 4.78 is 0. The third-order valence-corrected chi connectivity index (χ3v) is 4.23. The van der Waals surface area contributed by atoms with Crippen molar-refractivity contribution in [2.45, 2.75) is 57.9 Å². The molecule has 0 aromatic rings. The first kappa shape index (κ1) is 12.9. The smallest absolute Gasteiger partial charge is 0.223 e. The molecule has 0 aromatic carbocycles. The van der Waals surface area contributed by atoms with Gasteiger partial charge in [0.15, 0.2) is 0 Å². The molecular formula is C14H26N2O. The average molecular weight is 238 g/mol. The van der Waals surface area contributed by atoms with Gasteiger partial charge in [-0.2, -0.15) is 0 Å². The normalized spacial score (nSPS) is 29.0. The summed E-state index contributed by atoms with van der Waals surface area (Å²) in [5.74, 6) is 1.57. The van der Waals surface area contributed by atoms with Gasteiger partial charge in [-0.3, -0.25) is 4.79 Å². The maximum absolute atomic E-state index is 11.4. The van der Waals surface area contributed by atoms with Crippen molar-refractivity contribution >= 4 is 5.91 Å². The van der Waals surface area contributed by atoms with Crippen LogP contribution in [-0.4, -0.2) is 25.0 Å². The minimum Gasteiger partial charge on any atom is -0.355 e. The molecule has 3 heteroatoms. The van der Waals surface area contributed by atoms with Crippen LogP contribution in [0.5, 0.6) is 0 Å². The Morgan fingerprint density at radius 2 is 1.76 bits per heavy atom. The van der Waals surface area contributed by atoms with Crippen LogP contribution in [0.1, 0.15) is 51.9 Å². The van der Waals surface area contributed by atoms with Gasteiger partial charge in [0.2, 0.25) is 5.91 Å². The standard InChI is InChI=1S/C14H26N2O/c1-2-11-3-7-13(8-4-11)15-9-10-16-14(17)12-5-6-12/h11-13,15H,2-10H2,1H3,(H,16,17). The summed E-state index contributed by atoms with van der Waals surface area (Å²) in [6, 6.07) is 0.690. The quantitative estimate of drug-likeness (QED) is 0.696. The SMILES string of the molecule is CCC1CCC(NCCNC(=O)C2CC2)CC1. The third kappa shape index (κ3) is 4.30. The van der Waals surface area contributed by atoms with E-state index in [-0.39, 0.29) is 5.91 Å². The Hall–Kier alpha value is -0.570. The highest BCUT2D eigenvalue weighted by Crippen LogP contribution is 2.28. The Bertz CT molecular complexity index is 243. The second kappa shape index (κ2) is 6.39. The molecule has 3 nitrogen and oxygen atoms in total. The highest BCUT2D eigenvalue weighted by atomic mass is 16.2. The Labute approximate surface area is 105 Å². The molecule has 2 fully saturated rings. The van der Waals surface area contributed by atoms with E-state index in [1.807, 2.05) is 0 Å². The number of nitrogens with one attached hydrogen (secondary N) is 2. The lowest BCUT2D eigenvalue weighted by Gasteiger charge is -2.28. The molecular weight excluding hydrogens is 212 g/mol. The number of rotatable bonds is 6. The van der Waals surface area contributed by atoms with Gasteiger partial charge in [0.1, 0.15) is 0 Å². The predicted molar refractivity (Wildman–Crippen MR) is 69.8 cm³/mol. The Kier molecular flexibility index (Phi) is 4.84. The highest BCUT2D eigenvalue weighted by molar-refractivity contribution is 5.80. The summed E-state index contributed by atoms with van der Waals surface area (Å²) in [5.41, 5.74) is 0. The fraction of sp³-hybridized carbons (Fsp3) is 0.929. The first-order valence-corrected chi connectivity index (χ1v) is 7.30. The minimum absolute atomic E-state index is 0.265. The highest BCUT2D eigenvalue weighted by Gasteiger charge is 2.29. The van der Waals surface area contributed by atoms with Gasteiger partial charge in [0, 0.05) is 25.0 Å². The van der Waals surface area contributed by atoms with E-state index in [0.29, 0.717) is 12.0 Å². The topological polar surface area (TPSA) is 41.1 Å². The van der Waals surface area contributed by atoms with E-state index in [4.69, 9.17) is 0 Å². The molecule has 0 aromatic heterocycles. The zero-order chi connectivity index (χ0) is 12.1. The molecule has 98 valence electrons. The number of hydrogen-bond donors (Lipinski definition) is 2. The summed E-state index contributed by atoms with van der Waals surface area (Å²) >= 11 is 0. The zero-order valence-corrected chi connectivity index (χ0v) is 11.0. The van der Waals surface area contributed by atoms with Crippen molar-refractivity contribution in [3.8, 4) is 0 Å². The van der Waals surface area contributed by atoms with E-state index in [1.54, 1.807) is 0 Å². The van der Waals surface area contributed by atoms with Crippen LogP contribution >= 0.6 is 0 Å². The molecule has 0 saturated heterocycles. The molecule has 0 spiro atoms. The second-order valence-corrected chi connectivity index (χ2v) is 5.65. The Balaban J connectivity index is 1.49. The van der Waals surface area contributed by atoms with Crippen LogP contribution in [0.25, 0.3) is 0 Å². The van der Waals surface area contributed by atoms with Crippen molar-refractivity contribution < 1.29 is 4.79 Å². The van der Waals surface area contributed by atoms with E-state index >= 15 is 0 Å². The van der Waals surface area contributed by atoms with Crippen molar-refractivity contribution in [3.05, 3.63) is 0 Å². The summed E-state index contributed by atoms with van der Waals surface area (Å²) in [4.78, 5) is 11.4. The fourth-order valence-electron chi connectivity index (χ4n) is 2.73. The summed E-state index contributed by atoms with van der Waals surface area (Å²) in [6.45, 7) is 4.02. The molecule has 1 amide bonds. The molecule has 2 saturated carbocycles. The summed E-state index contributed by atoms with van der Waals surface area (Å²) in [5, 5.41) is 6.57. The first-order chi connectivity index (χ1) is 8.29. The van der Waals surface area contributed by atoms with Crippen molar-refractivity contribution in [2.24, 2.45) is 11.8 Å². The van der Waals surface area contributed by atoms with Crippen LogP contribution in [0.2, 0.25) is 0 Å². The number of amides is 1. The van der Waals surface area contributed by atoms with Gasteiger partial charge >= 0.3 is 0 Å². The summed E-state index contributed by atoms with van der Waals surface area (Å²) in [7, 11) is 0. The fourth-order valence-corrected chi connectivity index (χ4v) is 2.73. The first-order valence-electron chi connectivity index (χ1n) is 7.30. The van der Waals surface area contributed by atoms with Gasteiger partial charge in [-0.25, -0.2) is 0 Å². The van der Waals surface area contributed by atoms with Gasteiger partial charge in [-0.05, 0) is 44.4 Å².